The average Bonchev–Trinajstić information content (AvgIpc) is 2.56. The highest BCUT2D eigenvalue weighted by atomic mass is 16.6. The maximum Gasteiger partial charge on any atom is 0.269 e. The van der Waals surface area contributed by atoms with E-state index in [0.29, 0.717) is 11.4 Å². The molecular weight excluding hydrogens is 316 g/mol. The Morgan fingerprint density at radius 2 is 1.38 bits per heavy atom. The van der Waals surface area contributed by atoms with Gasteiger partial charge in [-0.15, -0.1) is 0 Å². The quantitative estimate of drug-likeness (QED) is 0.382. The Labute approximate surface area is 136 Å². The third-order valence-electron chi connectivity index (χ3n) is 2.63. The molecule has 0 saturated carbocycles. The molecule has 0 aliphatic carbocycles. The number of hydrogen-bond donors (Lipinski definition) is 2. The smallest absolute Gasteiger partial charge is 0.269 e. The predicted octanol–water partition coefficient (Wildman–Crippen LogP) is 2.90. The summed E-state index contributed by atoms with van der Waals surface area (Å²) in [6.45, 7) is 3.28. The lowest BCUT2D eigenvalue weighted by molar-refractivity contribution is -0.385. The molecule has 24 heavy (non-hydrogen) atoms. The summed E-state index contributed by atoms with van der Waals surface area (Å²) in [7, 11) is 0. The van der Waals surface area contributed by atoms with Gasteiger partial charge >= 0.3 is 0 Å². The van der Waals surface area contributed by atoms with Crippen molar-refractivity contribution in [2.24, 2.45) is 0 Å². The summed E-state index contributed by atoms with van der Waals surface area (Å²) in [6.07, 6.45) is 1.13. The Bertz CT molecular complexity index is 741. The van der Waals surface area contributed by atoms with Gasteiger partial charge in [-0.25, -0.2) is 0 Å². The molecule has 0 aliphatic rings. The van der Waals surface area contributed by atoms with Crippen molar-refractivity contribution in [1.82, 2.24) is 0 Å². The van der Waals surface area contributed by atoms with E-state index in [1.165, 1.54) is 48.5 Å². The second-order valence-corrected chi connectivity index (χ2v) is 4.35. The summed E-state index contributed by atoms with van der Waals surface area (Å²) in [5.41, 5.74) is 6.39. The molecule has 0 atom stereocenters. The van der Waals surface area contributed by atoms with Gasteiger partial charge in [-0.05, 0) is 30.3 Å². The molecule has 0 aromatic heterocycles. The van der Waals surface area contributed by atoms with Crippen LogP contribution in [0.1, 0.15) is 0 Å². The highest BCUT2D eigenvalue weighted by molar-refractivity contribution is 5.98. The minimum Gasteiger partial charge on any atom is -0.399 e. The number of anilines is 2. The standard InChI is InChI=1S/C9H8N2O3.C6H6N2O2/c1-2-9(12)10-7-3-5-8(6-4-7)11(13)14;7-5-1-3-6(4-2-5)8(9)10/h2-6H,1H2,(H,10,12);1-4H,7H2. The van der Waals surface area contributed by atoms with Crippen molar-refractivity contribution < 1.29 is 14.6 Å². The summed E-state index contributed by atoms with van der Waals surface area (Å²) in [5, 5.41) is 22.8. The van der Waals surface area contributed by atoms with E-state index in [1.807, 2.05) is 0 Å². The molecule has 0 fully saturated rings. The van der Waals surface area contributed by atoms with E-state index < -0.39 is 9.85 Å². The molecule has 0 radical (unpaired) electrons. The Morgan fingerprint density at radius 1 is 0.958 bits per heavy atom. The van der Waals surface area contributed by atoms with Crippen molar-refractivity contribution in [1.29, 1.82) is 0 Å². The van der Waals surface area contributed by atoms with Gasteiger partial charge in [0.2, 0.25) is 5.91 Å². The SMILES string of the molecule is C=CC(=O)Nc1ccc([N+](=O)[O-])cc1.Nc1ccc([N+](=O)[O-])cc1. The highest BCUT2D eigenvalue weighted by Gasteiger charge is 2.04. The number of carbonyl (C=O) groups excluding carboxylic acids is 1. The molecular formula is C15H14N4O5. The molecule has 0 bridgehead atoms. The summed E-state index contributed by atoms with van der Waals surface area (Å²) in [6, 6.07) is 11.3. The van der Waals surface area contributed by atoms with Crippen molar-refractivity contribution in [3.8, 4) is 0 Å². The van der Waals surface area contributed by atoms with Crippen LogP contribution in [0.25, 0.3) is 0 Å². The Hall–Kier alpha value is -3.75. The van der Waals surface area contributed by atoms with Crippen LogP contribution in [0.2, 0.25) is 0 Å². The minimum atomic E-state index is -0.501. The number of amides is 1. The van der Waals surface area contributed by atoms with E-state index in [4.69, 9.17) is 5.73 Å². The predicted molar refractivity (Wildman–Crippen MR) is 89.4 cm³/mol. The van der Waals surface area contributed by atoms with Gasteiger partial charge in [0.25, 0.3) is 11.4 Å². The molecule has 0 aliphatic heterocycles. The number of nitrogens with zero attached hydrogens (tertiary/aromatic N) is 2. The first-order valence-corrected chi connectivity index (χ1v) is 6.51. The monoisotopic (exact) mass is 330 g/mol. The number of nitrogens with one attached hydrogen (secondary N) is 1. The maximum atomic E-state index is 10.8. The number of benzene rings is 2. The zero-order chi connectivity index (χ0) is 18.1. The van der Waals surface area contributed by atoms with E-state index in [1.54, 1.807) is 0 Å². The number of non-ortho nitro benzene ring substituents is 2. The van der Waals surface area contributed by atoms with Crippen molar-refractivity contribution in [2.75, 3.05) is 11.1 Å². The minimum absolute atomic E-state index is 0.0124. The largest absolute Gasteiger partial charge is 0.399 e. The molecule has 2 aromatic carbocycles. The molecule has 2 rings (SSSR count). The van der Waals surface area contributed by atoms with Gasteiger partial charge in [0, 0.05) is 35.6 Å². The summed E-state index contributed by atoms with van der Waals surface area (Å²) >= 11 is 0. The fourth-order valence-electron chi connectivity index (χ4n) is 1.46. The van der Waals surface area contributed by atoms with Crippen LogP contribution in [0.4, 0.5) is 22.7 Å². The van der Waals surface area contributed by atoms with E-state index in [-0.39, 0.29) is 17.3 Å². The number of nitrogen functional groups attached to an aromatic ring is 1. The molecule has 0 saturated heterocycles. The third-order valence-corrected chi connectivity index (χ3v) is 2.63. The fourth-order valence-corrected chi connectivity index (χ4v) is 1.46. The van der Waals surface area contributed by atoms with Crippen molar-refractivity contribution in [3.05, 3.63) is 81.4 Å². The fraction of sp³-hybridized carbons (Fsp3) is 0. The topological polar surface area (TPSA) is 141 Å². The number of carbonyl (C=O) groups is 1. The Morgan fingerprint density at radius 3 is 1.75 bits per heavy atom. The molecule has 0 spiro atoms. The van der Waals surface area contributed by atoms with Crippen LogP contribution in [-0.4, -0.2) is 15.8 Å². The lowest BCUT2D eigenvalue weighted by Crippen LogP contribution is -2.06. The number of nitro groups is 2. The van der Waals surface area contributed by atoms with Crippen molar-refractivity contribution in [3.63, 3.8) is 0 Å². The van der Waals surface area contributed by atoms with E-state index in [0.717, 1.165) is 6.08 Å². The molecule has 0 heterocycles. The molecule has 3 N–H and O–H groups in total. The summed E-state index contributed by atoms with van der Waals surface area (Å²) in [4.78, 5) is 30.2. The van der Waals surface area contributed by atoms with Gasteiger partial charge in [-0.3, -0.25) is 25.0 Å². The van der Waals surface area contributed by atoms with Gasteiger partial charge in [0.05, 0.1) is 9.85 Å². The van der Waals surface area contributed by atoms with E-state index in [9.17, 15) is 25.0 Å². The first-order chi connectivity index (χ1) is 11.3. The van der Waals surface area contributed by atoms with Gasteiger partial charge < -0.3 is 11.1 Å². The van der Waals surface area contributed by atoms with Crippen LogP contribution >= 0.6 is 0 Å². The number of nitrogens with two attached hydrogens (primary N) is 1. The van der Waals surface area contributed by atoms with Gasteiger partial charge in [0.1, 0.15) is 0 Å². The van der Waals surface area contributed by atoms with Crippen LogP contribution in [0.3, 0.4) is 0 Å². The van der Waals surface area contributed by atoms with Crippen LogP contribution in [-0.2, 0) is 4.79 Å². The lowest BCUT2D eigenvalue weighted by atomic mass is 10.3. The van der Waals surface area contributed by atoms with E-state index >= 15 is 0 Å². The molecule has 2 aromatic rings. The average molecular weight is 330 g/mol. The van der Waals surface area contributed by atoms with Crippen LogP contribution in [0.15, 0.2) is 61.2 Å². The van der Waals surface area contributed by atoms with Crippen LogP contribution in [0, 0.1) is 20.2 Å². The van der Waals surface area contributed by atoms with Gasteiger partial charge in [-0.1, -0.05) is 6.58 Å². The number of hydrogen-bond acceptors (Lipinski definition) is 6. The highest BCUT2D eigenvalue weighted by Crippen LogP contribution is 2.15. The first kappa shape index (κ1) is 18.3. The molecule has 124 valence electrons. The molecule has 0 unspecified atom stereocenters. The third kappa shape index (κ3) is 5.93. The Balaban J connectivity index is 0.000000254. The van der Waals surface area contributed by atoms with Gasteiger partial charge in [0.15, 0.2) is 0 Å². The number of nitro benzene ring substituents is 2. The van der Waals surface area contributed by atoms with Crippen LogP contribution < -0.4 is 11.1 Å². The Kier molecular flexibility index (Phi) is 6.58. The van der Waals surface area contributed by atoms with Crippen molar-refractivity contribution in [2.45, 2.75) is 0 Å². The second-order valence-electron chi connectivity index (χ2n) is 4.35. The summed E-state index contributed by atoms with van der Waals surface area (Å²) < 4.78 is 0. The summed E-state index contributed by atoms with van der Waals surface area (Å²) in [5.74, 6) is -0.348. The van der Waals surface area contributed by atoms with Crippen LogP contribution in [0.5, 0.6) is 0 Å². The molecule has 9 heteroatoms. The van der Waals surface area contributed by atoms with Gasteiger partial charge in [-0.2, -0.15) is 0 Å². The van der Waals surface area contributed by atoms with Crippen molar-refractivity contribution >= 4 is 28.7 Å². The van der Waals surface area contributed by atoms with E-state index in [2.05, 4.69) is 11.9 Å². The second kappa shape index (κ2) is 8.63. The molecule has 1 amide bonds. The maximum absolute atomic E-state index is 10.8. The first-order valence-electron chi connectivity index (χ1n) is 6.51. The number of rotatable bonds is 4. The lowest BCUT2D eigenvalue weighted by Gasteiger charge is -2.00. The zero-order valence-corrected chi connectivity index (χ0v) is 12.4. The molecule has 9 nitrogen and oxygen atoms in total. The zero-order valence-electron chi connectivity index (χ0n) is 12.4. The normalized spacial score (nSPS) is 9.17.